The average Bonchev–Trinajstić information content (AvgIpc) is 2.35. The topological polar surface area (TPSA) is 50.1 Å². The molecule has 17 heavy (non-hydrogen) atoms. The number of nitriles is 1. The Morgan fingerprint density at radius 2 is 2.18 bits per heavy atom. The average molecular weight is 229 g/mol. The van der Waals surface area contributed by atoms with E-state index < -0.39 is 5.97 Å². The van der Waals surface area contributed by atoms with Gasteiger partial charge in [-0.3, -0.25) is 0 Å². The van der Waals surface area contributed by atoms with Crippen molar-refractivity contribution in [1.82, 2.24) is 0 Å². The molecule has 0 radical (unpaired) electrons. The monoisotopic (exact) mass is 229 g/mol. The van der Waals surface area contributed by atoms with E-state index in [1.807, 2.05) is 30.3 Å². The van der Waals surface area contributed by atoms with Crippen LogP contribution < -0.4 is 0 Å². The summed E-state index contributed by atoms with van der Waals surface area (Å²) in [6.45, 7) is 4.18. The number of hydrogen-bond acceptors (Lipinski definition) is 3. The van der Waals surface area contributed by atoms with Crippen LogP contribution in [0, 0.1) is 11.3 Å². The Kier molecular flexibility index (Phi) is 4.47. The van der Waals surface area contributed by atoms with E-state index in [0.29, 0.717) is 5.92 Å². The number of carbonyl (C=O) groups is 1. The van der Waals surface area contributed by atoms with Crippen molar-refractivity contribution in [3.8, 4) is 6.07 Å². The number of methoxy groups -OCH3 is 1. The van der Waals surface area contributed by atoms with E-state index in [2.05, 4.69) is 18.6 Å². The SMILES string of the molecule is COC(=O)C(C#N)=Cc1cccc(C(C)C)c1. The predicted octanol–water partition coefficient (Wildman–Crippen LogP) is 2.89. The van der Waals surface area contributed by atoms with E-state index in [4.69, 9.17) is 5.26 Å². The first-order chi connectivity index (χ1) is 8.08. The van der Waals surface area contributed by atoms with Crippen LogP contribution in [0.1, 0.15) is 30.9 Å². The Hall–Kier alpha value is -2.08. The van der Waals surface area contributed by atoms with Crippen molar-refractivity contribution in [3.05, 3.63) is 41.0 Å². The lowest BCUT2D eigenvalue weighted by atomic mass is 10.00. The maximum atomic E-state index is 11.3. The maximum Gasteiger partial charge on any atom is 0.348 e. The lowest BCUT2D eigenvalue weighted by Crippen LogP contribution is -2.02. The van der Waals surface area contributed by atoms with Gasteiger partial charge in [-0.25, -0.2) is 4.79 Å². The summed E-state index contributed by atoms with van der Waals surface area (Å²) in [7, 11) is 1.26. The summed E-state index contributed by atoms with van der Waals surface area (Å²) in [5.41, 5.74) is 2.01. The molecule has 0 unspecified atom stereocenters. The number of benzene rings is 1. The minimum atomic E-state index is -0.609. The first-order valence-corrected chi connectivity index (χ1v) is 5.38. The van der Waals surface area contributed by atoms with Crippen LogP contribution in [0.4, 0.5) is 0 Å². The molecule has 0 heterocycles. The molecule has 0 saturated carbocycles. The molecule has 0 amide bonds. The summed E-state index contributed by atoms with van der Waals surface area (Å²) in [6, 6.07) is 9.58. The fraction of sp³-hybridized carbons (Fsp3) is 0.286. The highest BCUT2D eigenvalue weighted by atomic mass is 16.5. The predicted molar refractivity (Wildman–Crippen MR) is 66.1 cm³/mol. The summed E-state index contributed by atoms with van der Waals surface area (Å²) in [5, 5.41) is 8.85. The molecule has 0 saturated heterocycles. The largest absolute Gasteiger partial charge is 0.465 e. The van der Waals surface area contributed by atoms with Gasteiger partial charge in [-0.2, -0.15) is 5.26 Å². The zero-order valence-electron chi connectivity index (χ0n) is 10.2. The van der Waals surface area contributed by atoms with Gasteiger partial charge < -0.3 is 4.74 Å². The van der Waals surface area contributed by atoms with Crippen LogP contribution in [-0.4, -0.2) is 13.1 Å². The Morgan fingerprint density at radius 3 is 2.71 bits per heavy atom. The molecule has 0 aliphatic carbocycles. The summed E-state index contributed by atoms with van der Waals surface area (Å²) in [4.78, 5) is 11.3. The number of esters is 1. The van der Waals surface area contributed by atoms with Crippen LogP contribution in [-0.2, 0) is 9.53 Å². The first-order valence-electron chi connectivity index (χ1n) is 5.38. The molecule has 0 atom stereocenters. The highest BCUT2D eigenvalue weighted by Gasteiger charge is 2.08. The van der Waals surface area contributed by atoms with E-state index in [0.717, 1.165) is 5.56 Å². The first kappa shape index (κ1) is 13.0. The van der Waals surface area contributed by atoms with Crippen LogP contribution in [0.2, 0.25) is 0 Å². The number of hydrogen-bond donors (Lipinski definition) is 0. The van der Waals surface area contributed by atoms with Crippen LogP contribution in [0.15, 0.2) is 29.8 Å². The van der Waals surface area contributed by atoms with Gasteiger partial charge in [0.05, 0.1) is 7.11 Å². The molecule has 0 fully saturated rings. The van der Waals surface area contributed by atoms with Crippen LogP contribution in [0.5, 0.6) is 0 Å². The van der Waals surface area contributed by atoms with Crippen molar-refractivity contribution in [2.24, 2.45) is 0 Å². The third-order valence-corrected chi connectivity index (χ3v) is 2.41. The van der Waals surface area contributed by atoms with Gasteiger partial charge in [-0.15, -0.1) is 0 Å². The summed E-state index contributed by atoms with van der Waals surface area (Å²) in [6.07, 6.45) is 1.54. The molecule has 0 bridgehead atoms. The smallest absolute Gasteiger partial charge is 0.348 e. The second kappa shape index (κ2) is 5.86. The number of carbonyl (C=O) groups excluding carboxylic acids is 1. The lowest BCUT2D eigenvalue weighted by molar-refractivity contribution is -0.135. The van der Waals surface area contributed by atoms with E-state index >= 15 is 0 Å². The molecule has 0 spiro atoms. The molecule has 88 valence electrons. The van der Waals surface area contributed by atoms with Crippen LogP contribution in [0.3, 0.4) is 0 Å². The molecule has 1 aromatic rings. The van der Waals surface area contributed by atoms with Gasteiger partial charge in [-0.1, -0.05) is 38.1 Å². The fourth-order valence-corrected chi connectivity index (χ4v) is 1.42. The molecule has 0 aliphatic heterocycles. The minimum Gasteiger partial charge on any atom is -0.465 e. The molecule has 0 N–H and O–H groups in total. The molecular weight excluding hydrogens is 214 g/mol. The highest BCUT2D eigenvalue weighted by Crippen LogP contribution is 2.17. The van der Waals surface area contributed by atoms with Crippen LogP contribution in [0.25, 0.3) is 6.08 Å². The molecular formula is C14H15NO2. The van der Waals surface area contributed by atoms with Crippen molar-refractivity contribution in [1.29, 1.82) is 5.26 Å². The van der Waals surface area contributed by atoms with Gasteiger partial charge >= 0.3 is 5.97 Å². The van der Waals surface area contributed by atoms with Gasteiger partial charge in [0.25, 0.3) is 0 Å². The summed E-state index contributed by atoms with van der Waals surface area (Å²) < 4.78 is 4.52. The van der Waals surface area contributed by atoms with E-state index in [1.165, 1.54) is 18.7 Å². The van der Waals surface area contributed by atoms with Gasteiger partial charge in [0.1, 0.15) is 11.6 Å². The molecule has 1 aromatic carbocycles. The number of rotatable bonds is 3. The zero-order chi connectivity index (χ0) is 12.8. The van der Waals surface area contributed by atoms with Crippen molar-refractivity contribution < 1.29 is 9.53 Å². The Balaban J connectivity index is 3.09. The fourth-order valence-electron chi connectivity index (χ4n) is 1.42. The third-order valence-electron chi connectivity index (χ3n) is 2.41. The quantitative estimate of drug-likeness (QED) is 0.455. The van der Waals surface area contributed by atoms with Crippen molar-refractivity contribution in [3.63, 3.8) is 0 Å². The molecule has 0 aliphatic rings. The van der Waals surface area contributed by atoms with Gasteiger partial charge in [0.2, 0.25) is 0 Å². The Labute approximate surface area is 101 Å². The standard InChI is InChI=1S/C14H15NO2/c1-10(2)12-6-4-5-11(7-12)8-13(9-15)14(16)17-3/h4-8,10H,1-3H3. The normalized spacial score (nSPS) is 11.1. The van der Waals surface area contributed by atoms with Gasteiger partial charge in [0, 0.05) is 0 Å². The number of ether oxygens (including phenoxy) is 1. The van der Waals surface area contributed by atoms with Crippen LogP contribution >= 0.6 is 0 Å². The van der Waals surface area contributed by atoms with Gasteiger partial charge in [-0.05, 0) is 23.1 Å². The highest BCUT2D eigenvalue weighted by molar-refractivity contribution is 5.97. The maximum absolute atomic E-state index is 11.3. The second-order valence-electron chi connectivity index (χ2n) is 3.99. The zero-order valence-corrected chi connectivity index (χ0v) is 10.2. The van der Waals surface area contributed by atoms with E-state index in [9.17, 15) is 4.79 Å². The van der Waals surface area contributed by atoms with Crippen molar-refractivity contribution >= 4 is 12.0 Å². The van der Waals surface area contributed by atoms with Gasteiger partial charge in [0.15, 0.2) is 0 Å². The van der Waals surface area contributed by atoms with Crippen molar-refractivity contribution in [2.75, 3.05) is 7.11 Å². The molecule has 1 rings (SSSR count). The van der Waals surface area contributed by atoms with E-state index in [-0.39, 0.29) is 5.57 Å². The lowest BCUT2D eigenvalue weighted by Gasteiger charge is -2.05. The minimum absolute atomic E-state index is 0.00778. The second-order valence-corrected chi connectivity index (χ2v) is 3.99. The Morgan fingerprint density at radius 1 is 1.47 bits per heavy atom. The molecule has 0 aromatic heterocycles. The third kappa shape index (κ3) is 3.46. The summed E-state index contributed by atoms with van der Waals surface area (Å²) in [5.74, 6) is -0.200. The summed E-state index contributed by atoms with van der Waals surface area (Å²) >= 11 is 0. The number of nitrogens with zero attached hydrogens (tertiary/aromatic N) is 1. The molecule has 3 nitrogen and oxygen atoms in total. The Bertz CT molecular complexity index is 481. The van der Waals surface area contributed by atoms with E-state index in [1.54, 1.807) is 0 Å². The van der Waals surface area contributed by atoms with Crippen molar-refractivity contribution in [2.45, 2.75) is 19.8 Å². The molecule has 3 heteroatoms.